The summed E-state index contributed by atoms with van der Waals surface area (Å²) in [5, 5.41) is 4.72. The fraction of sp³-hybridized carbons (Fsp3) is 0.565. The zero-order chi connectivity index (χ0) is 19.8. The lowest BCUT2D eigenvalue weighted by atomic mass is 10.0. The molecule has 146 valence electrons. The molecule has 1 aliphatic rings. The van der Waals surface area contributed by atoms with Gasteiger partial charge in [-0.1, -0.05) is 36.8 Å². The first-order valence-corrected chi connectivity index (χ1v) is 10.1. The van der Waals surface area contributed by atoms with Crippen LogP contribution in [-0.4, -0.2) is 33.7 Å². The second-order valence-corrected chi connectivity index (χ2v) is 8.98. The Morgan fingerprint density at radius 1 is 1.26 bits per heavy atom. The van der Waals surface area contributed by atoms with E-state index in [1.165, 1.54) is 29.7 Å². The van der Waals surface area contributed by atoms with Crippen molar-refractivity contribution in [1.29, 1.82) is 0 Å². The molecule has 1 aliphatic carbocycles. The molecule has 3 rings (SSSR count). The molecule has 1 heterocycles. The van der Waals surface area contributed by atoms with Crippen LogP contribution in [0.25, 0.3) is 0 Å². The van der Waals surface area contributed by atoms with Gasteiger partial charge in [-0.15, -0.1) is 0 Å². The molecular formula is C23H33N3O. The zero-order valence-corrected chi connectivity index (χ0v) is 17.6. The van der Waals surface area contributed by atoms with Gasteiger partial charge in [-0.2, -0.15) is 5.10 Å². The number of hydrogen-bond donors (Lipinski definition) is 0. The van der Waals surface area contributed by atoms with E-state index in [9.17, 15) is 4.79 Å². The number of rotatable bonds is 6. The van der Waals surface area contributed by atoms with Crippen LogP contribution in [0.5, 0.6) is 0 Å². The van der Waals surface area contributed by atoms with Crippen LogP contribution >= 0.6 is 0 Å². The Bertz CT molecular complexity index is 794. The van der Waals surface area contributed by atoms with E-state index in [1.54, 1.807) is 0 Å². The Kier molecular flexibility index (Phi) is 5.45. The van der Waals surface area contributed by atoms with E-state index in [4.69, 9.17) is 5.10 Å². The topological polar surface area (TPSA) is 38.1 Å². The third-order valence-corrected chi connectivity index (χ3v) is 5.52. The van der Waals surface area contributed by atoms with E-state index in [0.29, 0.717) is 11.6 Å². The Morgan fingerprint density at radius 2 is 1.89 bits per heavy atom. The fourth-order valence-electron chi connectivity index (χ4n) is 3.61. The number of amides is 1. The molecule has 0 saturated heterocycles. The average Bonchev–Trinajstić information content (AvgIpc) is 3.37. The van der Waals surface area contributed by atoms with Gasteiger partial charge in [0.25, 0.3) is 5.91 Å². The Balaban J connectivity index is 1.80. The largest absolute Gasteiger partial charge is 0.337 e. The number of benzene rings is 1. The summed E-state index contributed by atoms with van der Waals surface area (Å²) in [6.07, 6.45) is 4.20. The summed E-state index contributed by atoms with van der Waals surface area (Å²) < 4.78 is 2.06. The van der Waals surface area contributed by atoms with Gasteiger partial charge in [-0.25, -0.2) is 0 Å². The van der Waals surface area contributed by atoms with Crippen molar-refractivity contribution in [3.63, 3.8) is 0 Å². The van der Waals surface area contributed by atoms with Crippen molar-refractivity contribution < 1.29 is 4.79 Å². The molecule has 1 atom stereocenters. The molecule has 0 spiro atoms. The number of carbonyl (C=O) groups is 1. The summed E-state index contributed by atoms with van der Waals surface area (Å²) in [6, 6.07) is 10.8. The Hall–Kier alpha value is -2.10. The highest BCUT2D eigenvalue weighted by Gasteiger charge is 2.33. The normalized spacial score (nSPS) is 15.6. The summed E-state index contributed by atoms with van der Waals surface area (Å²) in [7, 11) is 1.91. The zero-order valence-electron chi connectivity index (χ0n) is 17.6. The van der Waals surface area contributed by atoms with Crippen molar-refractivity contribution in [3.05, 3.63) is 52.8 Å². The predicted octanol–water partition coefficient (Wildman–Crippen LogP) is 4.92. The van der Waals surface area contributed by atoms with Gasteiger partial charge in [0.1, 0.15) is 0 Å². The molecule has 1 amide bonds. The van der Waals surface area contributed by atoms with Crippen molar-refractivity contribution in [2.45, 2.75) is 77.8 Å². The van der Waals surface area contributed by atoms with Crippen LogP contribution in [-0.2, 0) is 12.0 Å². The first kappa shape index (κ1) is 19.7. The van der Waals surface area contributed by atoms with Crippen molar-refractivity contribution in [3.8, 4) is 0 Å². The molecule has 27 heavy (non-hydrogen) atoms. The minimum atomic E-state index is -0.110. The van der Waals surface area contributed by atoms with Crippen LogP contribution in [0.1, 0.15) is 80.2 Å². The molecule has 1 saturated carbocycles. The first-order valence-electron chi connectivity index (χ1n) is 10.1. The highest BCUT2D eigenvalue weighted by Crippen LogP contribution is 2.41. The van der Waals surface area contributed by atoms with Gasteiger partial charge in [0.05, 0.1) is 5.54 Å². The van der Waals surface area contributed by atoms with E-state index in [1.807, 2.05) is 18.0 Å². The highest BCUT2D eigenvalue weighted by molar-refractivity contribution is 5.92. The molecule has 0 unspecified atom stereocenters. The van der Waals surface area contributed by atoms with Gasteiger partial charge in [0.2, 0.25) is 0 Å². The van der Waals surface area contributed by atoms with E-state index in [0.717, 1.165) is 12.8 Å². The molecule has 1 aromatic heterocycles. The van der Waals surface area contributed by atoms with Gasteiger partial charge in [-0.05, 0) is 65.0 Å². The van der Waals surface area contributed by atoms with Crippen LogP contribution in [0.2, 0.25) is 0 Å². The van der Waals surface area contributed by atoms with Crippen LogP contribution in [0.15, 0.2) is 30.3 Å². The molecule has 1 aromatic carbocycles. The molecule has 0 aliphatic heterocycles. The van der Waals surface area contributed by atoms with E-state index < -0.39 is 0 Å². The van der Waals surface area contributed by atoms with Crippen LogP contribution in [0.4, 0.5) is 0 Å². The Morgan fingerprint density at radius 3 is 2.41 bits per heavy atom. The second-order valence-electron chi connectivity index (χ2n) is 8.98. The molecule has 0 bridgehead atoms. The van der Waals surface area contributed by atoms with Crippen molar-refractivity contribution in [2.24, 2.45) is 0 Å². The summed E-state index contributed by atoms with van der Waals surface area (Å²) >= 11 is 0. The molecule has 1 fully saturated rings. The lowest BCUT2D eigenvalue weighted by molar-refractivity contribution is 0.0719. The fourth-order valence-corrected chi connectivity index (χ4v) is 3.61. The lowest BCUT2D eigenvalue weighted by Crippen LogP contribution is -2.38. The molecule has 4 heteroatoms. The van der Waals surface area contributed by atoms with Crippen molar-refractivity contribution in [1.82, 2.24) is 14.7 Å². The third-order valence-electron chi connectivity index (χ3n) is 5.52. The summed E-state index contributed by atoms with van der Waals surface area (Å²) in [4.78, 5) is 15.1. The number of aromatic nitrogens is 2. The Labute approximate surface area is 163 Å². The lowest BCUT2D eigenvalue weighted by Gasteiger charge is -2.27. The predicted molar refractivity (Wildman–Crippen MR) is 110 cm³/mol. The van der Waals surface area contributed by atoms with Gasteiger partial charge >= 0.3 is 0 Å². The monoisotopic (exact) mass is 367 g/mol. The van der Waals surface area contributed by atoms with E-state index in [-0.39, 0.29) is 17.5 Å². The maximum atomic E-state index is 13.2. The van der Waals surface area contributed by atoms with Gasteiger partial charge < -0.3 is 4.90 Å². The smallest absolute Gasteiger partial charge is 0.274 e. The number of hydrogen-bond acceptors (Lipinski definition) is 2. The summed E-state index contributed by atoms with van der Waals surface area (Å²) in [6.45, 7) is 10.7. The molecule has 4 nitrogen and oxygen atoms in total. The highest BCUT2D eigenvalue weighted by atomic mass is 16.2. The minimum Gasteiger partial charge on any atom is -0.337 e. The number of likely N-dealkylation sites (N-methyl/N-ethyl adjacent to an activating group) is 1. The average molecular weight is 368 g/mol. The molecule has 2 aromatic rings. The minimum absolute atomic E-state index is 0.0267. The summed E-state index contributed by atoms with van der Waals surface area (Å²) in [5.41, 5.74) is 4.21. The maximum Gasteiger partial charge on any atom is 0.274 e. The van der Waals surface area contributed by atoms with Gasteiger partial charge in [0, 0.05) is 24.7 Å². The maximum absolute atomic E-state index is 13.2. The van der Waals surface area contributed by atoms with Crippen molar-refractivity contribution in [2.75, 3.05) is 7.05 Å². The van der Waals surface area contributed by atoms with E-state index >= 15 is 0 Å². The van der Waals surface area contributed by atoms with Crippen LogP contribution in [0, 0.1) is 6.92 Å². The molecule has 0 N–H and O–H groups in total. The second kappa shape index (κ2) is 7.49. The standard InChI is InChI=1S/C23H33N3O/c1-7-19(14-17-10-8-16(2)9-11-17)25(6)22(27)20-15-21(18-12-13-18)26(24-20)23(3,4)5/h8-11,15,18-19H,7,12-14H2,1-6H3/t19-/m0/s1. The van der Waals surface area contributed by atoms with Crippen LogP contribution < -0.4 is 0 Å². The van der Waals surface area contributed by atoms with E-state index in [2.05, 4.69) is 63.6 Å². The molecular weight excluding hydrogens is 334 g/mol. The number of carbonyl (C=O) groups excluding carboxylic acids is 1. The van der Waals surface area contributed by atoms with Gasteiger partial charge in [0.15, 0.2) is 5.69 Å². The van der Waals surface area contributed by atoms with Crippen molar-refractivity contribution >= 4 is 5.91 Å². The van der Waals surface area contributed by atoms with Crippen LogP contribution in [0.3, 0.4) is 0 Å². The summed E-state index contributed by atoms with van der Waals surface area (Å²) in [5.74, 6) is 0.594. The van der Waals surface area contributed by atoms with Gasteiger partial charge in [-0.3, -0.25) is 9.48 Å². The SMILES string of the molecule is CC[C@@H](Cc1ccc(C)cc1)N(C)C(=O)c1cc(C2CC2)n(C(C)(C)C)n1. The quantitative estimate of drug-likeness (QED) is 0.727. The first-order chi connectivity index (χ1) is 12.7. The molecule has 0 radical (unpaired) electrons. The number of aryl methyl sites for hydroxylation is 1. The third kappa shape index (κ3) is 4.42. The number of nitrogens with zero attached hydrogens (tertiary/aromatic N) is 3.